The Balaban J connectivity index is 0.00000364. The van der Waals surface area contributed by atoms with Crippen LogP contribution in [0.5, 0.6) is 0 Å². The van der Waals surface area contributed by atoms with E-state index in [0.29, 0.717) is 38.6 Å². The van der Waals surface area contributed by atoms with E-state index in [-0.39, 0.29) is 41.7 Å². The number of benzene rings is 1. The van der Waals surface area contributed by atoms with Crippen LogP contribution in [0.25, 0.3) is 0 Å². The molecule has 27 heavy (non-hydrogen) atoms. The molecule has 0 unspecified atom stereocenters. The third kappa shape index (κ3) is 10.2. The number of carbonyl (C=O) groups excluding carboxylic acids is 2. The van der Waals surface area contributed by atoms with Gasteiger partial charge in [0.05, 0.1) is 6.54 Å². The van der Waals surface area contributed by atoms with Crippen molar-refractivity contribution in [1.82, 2.24) is 21.3 Å². The predicted octanol–water partition coefficient (Wildman–Crippen LogP) is 1.39. The molecule has 1 aliphatic rings. The maximum atomic E-state index is 11.9. The molecule has 0 radical (unpaired) electrons. The van der Waals surface area contributed by atoms with Crippen LogP contribution in [0.2, 0.25) is 0 Å². The first-order valence-corrected chi connectivity index (χ1v) is 9.29. The summed E-state index contributed by atoms with van der Waals surface area (Å²) in [6.45, 7) is 4.83. The Morgan fingerprint density at radius 1 is 1.04 bits per heavy atom. The first kappa shape index (κ1) is 23.2. The van der Waals surface area contributed by atoms with Crippen molar-refractivity contribution in [3.63, 3.8) is 0 Å². The van der Waals surface area contributed by atoms with Crippen LogP contribution in [0.15, 0.2) is 35.3 Å². The highest BCUT2D eigenvalue weighted by molar-refractivity contribution is 14.0. The molecule has 8 heteroatoms. The van der Waals surface area contributed by atoms with Crippen LogP contribution in [-0.4, -0.2) is 44.0 Å². The van der Waals surface area contributed by atoms with E-state index in [1.165, 1.54) is 0 Å². The molecule has 0 aromatic heterocycles. The van der Waals surface area contributed by atoms with Crippen molar-refractivity contribution >= 4 is 41.8 Å². The maximum absolute atomic E-state index is 11.9. The third-order valence-electron chi connectivity index (χ3n) is 3.95. The van der Waals surface area contributed by atoms with Gasteiger partial charge < -0.3 is 21.3 Å². The fourth-order valence-corrected chi connectivity index (χ4v) is 2.35. The van der Waals surface area contributed by atoms with Gasteiger partial charge in [-0.1, -0.05) is 30.3 Å². The van der Waals surface area contributed by atoms with Crippen LogP contribution < -0.4 is 21.3 Å². The van der Waals surface area contributed by atoms with Gasteiger partial charge in [-0.25, -0.2) is 0 Å². The lowest BCUT2D eigenvalue weighted by atomic mass is 10.2. The molecular formula is C19H30IN5O2. The second kappa shape index (κ2) is 13.3. The lowest BCUT2D eigenvalue weighted by Gasteiger charge is -2.12. The van der Waals surface area contributed by atoms with E-state index in [1.807, 2.05) is 37.3 Å². The van der Waals surface area contributed by atoms with Crippen LogP contribution in [0, 0.1) is 5.92 Å². The van der Waals surface area contributed by atoms with Gasteiger partial charge in [0.1, 0.15) is 0 Å². The Hall–Kier alpha value is -1.84. The van der Waals surface area contributed by atoms with Gasteiger partial charge in [-0.15, -0.1) is 24.0 Å². The molecule has 0 aliphatic heterocycles. The second-order valence-corrected chi connectivity index (χ2v) is 6.27. The summed E-state index contributed by atoms with van der Waals surface area (Å²) in [5.74, 6) is 1.00. The zero-order chi connectivity index (χ0) is 18.6. The molecule has 1 aromatic rings. The number of rotatable bonds is 10. The van der Waals surface area contributed by atoms with Gasteiger partial charge >= 0.3 is 0 Å². The average molecular weight is 487 g/mol. The zero-order valence-electron chi connectivity index (χ0n) is 15.8. The van der Waals surface area contributed by atoms with Crippen molar-refractivity contribution in [3.8, 4) is 0 Å². The Kier molecular flexibility index (Phi) is 11.5. The molecule has 150 valence electrons. The third-order valence-corrected chi connectivity index (χ3v) is 3.95. The topological polar surface area (TPSA) is 94.6 Å². The maximum Gasteiger partial charge on any atom is 0.223 e. The van der Waals surface area contributed by atoms with Crippen molar-refractivity contribution in [2.45, 2.75) is 32.7 Å². The minimum atomic E-state index is -0.0230. The van der Waals surface area contributed by atoms with Crippen LogP contribution >= 0.6 is 24.0 Å². The predicted molar refractivity (Wildman–Crippen MR) is 118 cm³/mol. The van der Waals surface area contributed by atoms with Crippen LogP contribution in [-0.2, 0) is 16.1 Å². The number of nitrogens with one attached hydrogen (secondary N) is 4. The van der Waals surface area contributed by atoms with Gasteiger partial charge in [0.2, 0.25) is 11.8 Å². The largest absolute Gasteiger partial charge is 0.357 e. The van der Waals surface area contributed by atoms with Crippen molar-refractivity contribution in [2.24, 2.45) is 10.9 Å². The molecule has 0 heterocycles. The lowest BCUT2D eigenvalue weighted by Crippen LogP contribution is -2.42. The summed E-state index contributed by atoms with van der Waals surface area (Å²) in [6, 6.07) is 9.81. The van der Waals surface area contributed by atoms with Gasteiger partial charge in [0, 0.05) is 38.5 Å². The van der Waals surface area contributed by atoms with Gasteiger partial charge in [-0.05, 0) is 25.3 Å². The molecule has 2 rings (SSSR count). The molecule has 0 saturated heterocycles. The number of hydrogen-bond acceptors (Lipinski definition) is 3. The van der Waals surface area contributed by atoms with Crippen molar-refractivity contribution in [1.29, 1.82) is 0 Å². The number of amides is 2. The fraction of sp³-hybridized carbons (Fsp3) is 0.526. The molecule has 0 spiro atoms. The Morgan fingerprint density at radius 2 is 1.74 bits per heavy atom. The standard InChI is InChI=1S/C19H29N5O2.HI/c1-2-20-19(23-13-12-21-18(26)16-8-9-16)22-11-10-17(25)24-14-15-6-4-3-5-7-15;/h3-7,16H,2,8-14H2,1H3,(H,21,26)(H,24,25)(H2,20,22,23);1H. The summed E-state index contributed by atoms with van der Waals surface area (Å²) in [5, 5.41) is 12.1. The van der Waals surface area contributed by atoms with Gasteiger partial charge in [0.15, 0.2) is 5.96 Å². The Morgan fingerprint density at radius 3 is 2.41 bits per heavy atom. The van der Waals surface area contributed by atoms with Crippen molar-refractivity contribution in [2.75, 3.05) is 26.2 Å². The van der Waals surface area contributed by atoms with Crippen LogP contribution in [0.3, 0.4) is 0 Å². The number of hydrogen-bond donors (Lipinski definition) is 4. The smallest absolute Gasteiger partial charge is 0.223 e. The van der Waals surface area contributed by atoms with Crippen molar-refractivity contribution in [3.05, 3.63) is 35.9 Å². The lowest BCUT2D eigenvalue weighted by molar-refractivity contribution is -0.122. The monoisotopic (exact) mass is 487 g/mol. The minimum absolute atomic E-state index is 0. The highest BCUT2D eigenvalue weighted by Crippen LogP contribution is 2.28. The van der Waals surface area contributed by atoms with E-state index in [0.717, 1.165) is 24.9 Å². The summed E-state index contributed by atoms with van der Waals surface area (Å²) >= 11 is 0. The van der Waals surface area contributed by atoms with Crippen LogP contribution in [0.4, 0.5) is 0 Å². The van der Waals surface area contributed by atoms with Gasteiger partial charge in [-0.3, -0.25) is 14.6 Å². The van der Waals surface area contributed by atoms with Gasteiger partial charge in [-0.2, -0.15) is 0 Å². The van der Waals surface area contributed by atoms with Crippen molar-refractivity contribution < 1.29 is 9.59 Å². The molecule has 1 fully saturated rings. The zero-order valence-corrected chi connectivity index (χ0v) is 18.1. The first-order valence-electron chi connectivity index (χ1n) is 9.29. The van der Waals surface area contributed by atoms with Crippen LogP contribution in [0.1, 0.15) is 31.7 Å². The highest BCUT2D eigenvalue weighted by atomic mass is 127. The summed E-state index contributed by atoms with van der Waals surface area (Å²) in [4.78, 5) is 27.8. The molecule has 2 amide bonds. The number of halogens is 1. The average Bonchev–Trinajstić information content (AvgIpc) is 3.49. The molecule has 1 aliphatic carbocycles. The fourth-order valence-electron chi connectivity index (χ4n) is 2.35. The Labute approximate surface area is 178 Å². The number of aliphatic imine (C=N–C) groups is 1. The quantitative estimate of drug-likeness (QED) is 0.174. The Bertz CT molecular complexity index is 605. The SMILES string of the molecule is CCNC(=NCCC(=O)NCc1ccccc1)NCCNC(=O)C1CC1.I. The second-order valence-electron chi connectivity index (χ2n) is 6.27. The summed E-state index contributed by atoms with van der Waals surface area (Å²) in [5.41, 5.74) is 1.08. The van der Waals surface area contributed by atoms with E-state index in [4.69, 9.17) is 0 Å². The molecule has 0 atom stereocenters. The summed E-state index contributed by atoms with van der Waals surface area (Å²) in [7, 11) is 0. The molecule has 1 saturated carbocycles. The van der Waals surface area contributed by atoms with E-state index in [1.54, 1.807) is 0 Å². The van der Waals surface area contributed by atoms with Gasteiger partial charge in [0.25, 0.3) is 0 Å². The number of carbonyl (C=O) groups is 2. The normalized spacial score (nSPS) is 13.3. The molecule has 0 bridgehead atoms. The number of guanidine groups is 1. The summed E-state index contributed by atoms with van der Waals surface area (Å²) in [6.07, 6.45) is 2.35. The van der Waals surface area contributed by atoms with E-state index >= 15 is 0 Å². The van der Waals surface area contributed by atoms with E-state index in [9.17, 15) is 9.59 Å². The van der Waals surface area contributed by atoms with E-state index < -0.39 is 0 Å². The molecule has 4 N–H and O–H groups in total. The number of nitrogens with zero attached hydrogens (tertiary/aromatic N) is 1. The molecule has 7 nitrogen and oxygen atoms in total. The first-order chi connectivity index (χ1) is 12.7. The molecular weight excluding hydrogens is 457 g/mol. The molecule has 1 aromatic carbocycles. The highest BCUT2D eigenvalue weighted by Gasteiger charge is 2.28. The summed E-state index contributed by atoms with van der Waals surface area (Å²) < 4.78 is 0. The van der Waals surface area contributed by atoms with E-state index in [2.05, 4.69) is 26.3 Å². The minimum Gasteiger partial charge on any atom is -0.357 e.